The normalized spacial score (nSPS) is 11.8. The maximum absolute atomic E-state index is 11.4. The molecule has 1 rings (SSSR count). The summed E-state index contributed by atoms with van der Waals surface area (Å²) in [7, 11) is 2.89. The van der Waals surface area contributed by atoms with Crippen molar-refractivity contribution in [3.05, 3.63) is 33.9 Å². The van der Waals surface area contributed by atoms with Crippen molar-refractivity contribution in [2.45, 2.75) is 6.10 Å². The predicted molar refractivity (Wildman–Crippen MR) is 72.9 cm³/mol. The van der Waals surface area contributed by atoms with Gasteiger partial charge >= 0.3 is 0 Å². The third-order valence-electron chi connectivity index (χ3n) is 2.57. The molecule has 0 fully saturated rings. The highest BCUT2D eigenvalue weighted by atomic mass is 16.6. The molecule has 0 aromatic heterocycles. The molecular weight excluding hydrogens is 266 g/mol. The van der Waals surface area contributed by atoms with Crippen LogP contribution in [-0.2, 0) is 4.74 Å². The molecule has 0 saturated heterocycles. The number of nitro groups is 1. The summed E-state index contributed by atoms with van der Waals surface area (Å²) in [4.78, 5) is 21.9. The fourth-order valence-corrected chi connectivity index (χ4v) is 1.60. The lowest BCUT2D eigenvalue weighted by atomic mass is 10.1. The number of carbonyl (C=O) groups excluding carboxylic acids is 1. The summed E-state index contributed by atoms with van der Waals surface area (Å²) >= 11 is 0. The molecular formula is C12H17N3O5. The number of nitrogens with one attached hydrogen (secondary N) is 2. The van der Waals surface area contributed by atoms with Crippen molar-refractivity contribution in [3.63, 3.8) is 0 Å². The Labute approximate surface area is 115 Å². The molecule has 20 heavy (non-hydrogen) atoms. The zero-order valence-corrected chi connectivity index (χ0v) is 11.3. The van der Waals surface area contributed by atoms with E-state index in [1.54, 1.807) is 0 Å². The minimum absolute atomic E-state index is 0.105. The molecule has 110 valence electrons. The van der Waals surface area contributed by atoms with E-state index in [1.165, 1.54) is 32.4 Å². The Bertz CT molecular complexity index is 492. The summed E-state index contributed by atoms with van der Waals surface area (Å²) in [6, 6.07) is 4.09. The molecule has 1 atom stereocenters. The lowest BCUT2D eigenvalue weighted by Crippen LogP contribution is -2.24. The Morgan fingerprint density at radius 3 is 2.80 bits per heavy atom. The minimum atomic E-state index is -0.779. The second-order valence-corrected chi connectivity index (χ2v) is 4.06. The van der Waals surface area contributed by atoms with Crippen molar-refractivity contribution in [3.8, 4) is 0 Å². The van der Waals surface area contributed by atoms with Crippen LogP contribution in [0.15, 0.2) is 18.2 Å². The Morgan fingerprint density at radius 2 is 2.25 bits per heavy atom. The van der Waals surface area contributed by atoms with Gasteiger partial charge in [0.05, 0.1) is 17.6 Å². The van der Waals surface area contributed by atoms with Crippen molar-refractivity contribution in [1.82, 2.24) is 5.32 Å². The number of methoxy groups -OCH3 is 1. The highest BCUT2D eigenvalue weighted by molar-refractivity contribution is 5.95. The molecule has 8 nitrogen and oxygen atoms in total. The van der Waals surface area contributed by atoms with Gasteiger partial charge in [-0.15, -0.1) is 0 Å². The smallest absolute Gasteiger partial charge is 0.293 e. The van der Waals surface area contributed by atoms with Gasteiger partial charge in [-0.05, 0) is 12.1 Å². The first-order valence-electron chi connectivity index (χ1n) is 5.91. The number of aliphatic hydroxyl groups is 1. The second-order valence-electron chi connectivity index (χ2n) is 4.06. The van der Waals surface area contributed by atoms with E-state index in [0.717, 1.165) is 0 Å². The van der Waals surface area contributed by atoms with Gasteiger partial charge in [0.1, 0.15) is 5.69 Å². The average molecular weight is 283 g/mol. The van der Waals surface area contributed by atoms with Gasteiger partial charge in [0.25, 0.3) is 11.6 Å². The number of ether oxygens (including phenoxy) is 1. The quantitative estimate of drug-likeness (QED) is 0.492. The predicted octanol–water partition coefficient (Wildman–Crippen LogP) is 0.374. The fraction of sp³-hybridized carbons (Fsp3) is 0.417. The number of hydrogen-bond acceptors (Lipinski definition) is 6. The summed E-state index contributed by atoms with van der Waals surface area (Å²) in [5.41, 5.74) is 0.204. The van der Waals surface area contributed by atoms with Crippen LogP contribution in [0, 0.1) is 10.1 Å². The van der Waals surface area contributed by atoms with E-state index in [-0.39, 0.29) is 30.1 Å². The summed E-state index contributed by atoms with van der Waals surface area (Å²) in [6.45, 7) is 0.227. The number of nitro benzene ring substituents is 1. The van der Waals surface area contributed by atoms with Gasteiger partial charge < -0.3 is 20.5 Å². The standard InChI is InChI=1S/C12H17N3O5/c1-13-12(17)8-3-4-10(11(5-8)15(18)19)14-6-9(16)7-20-2/h3-5,9,14,16H,6-7H2,1-2H3,(H,13,17). The summed E-state index contributed by atoms with van der Waals surface area (Å²) in [5.74, 6) is -0.404. The molecule has 0 aliphatic heterocycles. The molecule has 0 bridgehead atoms. The van der Waals surface area contributed by atoms with Crippen LogP contribution in [0.5, 0.6) is 0 Å². The van der Waals surface area contributed by atoms with Crippen molar-refractivity contribution < 1.29 is 19.6 Å². The maximum Gasteiger partial charge on any atom is 0.293 e. The molecule has 3 N–H and O–H groups in total. The van der Waals surface area contributed by atoms with Crippen molar-refractivity contribution in [2.75, 3.05) is 32.6 Å². The van der Waals surface area contributed by atoms with Crippen LogP contribution in [0.25, 0.3) is 0 Å². The van der Waals surface area contributed by atoms with E-state index in [2.05, 4.69) is 10.6 Å². The third kappa shape index (κ3) is 4.18. The first kappa shape index (κ1) is 15.9. The third-order valence-corrected chi connectivity index (χ3v) is 2.57. The van der Waals surface area contributed by atoms with E-state index < -0.39 is 16.9 Å². The molecule has 1 amide bonds. The fourth-order valence-electron chi connectivity index (χ4n) is 1.60. The van der Waals surface area contributed by atoms with Crippen LogP contribution in [-0.4, -0.2) is 49.4 Å². The van der Waals surface area contributed by atoms with Crippen molar-refractivity contribution in [2.24, 2.45) is 0 Å². The molecule has 0 aliphatic carbocycles. The van der Waals surface area contributed by atoms with Crippen LogP contribution in [0.2, 0.25) is 0 Å². The number of benzene rings is 1. The van der Waals surface area contributed by atoms with Gasteiger partial charge in [-0.1, -0.05) is 0 Å². The van der Waals surface area contributed by atoms with E-state index in [1.807, 2.05) is 0 Å². The number of amides is 1. The minimum Gasteiger partial charge on any atom is -0.389 e. The number of hydrogen-bond donors (Lipinski definition) is 3. The van der Waals surface area contributed by atoms with Gasteiger partial charge in [-0.25, -0.2) is 0 Å². The number of aliphatic hydroxyl groups excluding tert-OH is 1. The zero-order valence-electron chi connectivity index (χ0n) is 11.3. The molecule has 0 aliphatic rings. The Morgan fingerprint density at radius 1 is 1.55 bits per heavy atom. The molecule has 0 spiro atoms. The van der Waals surface area contributed by atoms with Crippen LogP contribution in [0.3, 0.4) is 0 Å². The van der Waals surface area contributed by atoms with E-state index in [4.69, 9.17) is 4.74 Å². The van der Waals surface area contributed by atoms with E-state index >= 15 is 0 Å². The molecule has 0 radical (unpaired) electrons. The number of anilines is 1. The topological polar surface area (TPSA) is 114 Å². The molecule has 8 heteroatoms. The Hall–Kier alpha value is -2.19. The van der Waals surface area contributed by atoms with E-state index in [9.17, 15) is 20.0 Å². The SMILES string of the molecule is CNC(=O)c1ccc(NCC(O)COC)c([N+](=O)[O-])c1. The van der Waals surface area contributed by atoms with Gasteiger partial charge in [-0.3, -0.25) is 14.9 Å². The first-order valence-corrected chi connectivity index (χ1v) is 5.91. The lowest BCUT2D eigenvalue weighted by molar-refractivity contribution is -0.384. The molecule has 1 aromatic rings. The molecule has 1 unspecified atom stereocenters. The molecule has 1 aromatic carbocycles. The van der Waals surface area contributed by atoms with Gasteiger partial charge in [0.2, 0.25) is 0 Å². The lowest BCUT2D eigenvalue weighted by Gasteiger charge is -2.12. The zero-order chi connectivity index (χ0) is 15.1. The number of rotatable bonds is 7. The summed E-state index contributed by atoms with van der Waals surface area (Å²) in [5, 5.41) is 25.7. The second kappa shape index (κ2) is 7.41. The molecule has 0 heterocycles. The summed E-state index contributed by atoms with van der Waals surface area (Å²) in [6.07, 6.45) is -0.779. The van der Waals surface area contributed by atoms with Crippen LogP contribution in [0.4, 0.5) is 11.4 Å². The van der Waals surface area contributed by atoms with Crippen molar-refractivity contribution in [1.29, 1.82) is 0 Å². The van der Waals surface area contributed by atoms with Crippen LogP contribution >= 0.6 is 0 Å². The largest absolute Gasteiger partial charge is 0.389 e. The van der Waals surface area contributed by atoms with Gasteiger partial charge in [0.15, 0.2) is 0 Å². The van der Waals surface area contributed by atoms with Crippen LogP contribution < -0.4 is 10.6 Å². The van der Waals surface area contributed by atoms with E-state index in [0.29, 0.717) is 0 Å². The van der Waals surface area contributed by atoms with Gasteiger partial charge in [0, 0.05) is 32.3 Å². The summed E-state index contributed by atoms with van der Waals surface area (Å²) < 4.78 is 4.76. The maximum atomic E-state index is 11.4. The van der Waals surface area contributed by atoms with Crippen molar-refractivity contribution >= 4 is 17.3 Å². The average Bonchev–Trinajstić information content (AvgIpc) is 2.44. The highest BCUT2D eigenvalue weighted by Crippen LogP contribution is 2.25. The Kier molecular flexibility index (Phi) is 5.88. The highest BCUT2D eigenvalue weighted by Gasteiger charge is 2.17. The first-order chi connectivity index (χ1) is 9.49. The van der Waals surface area contributed by atoms with Crippen LogP contribution in [0.1, 0.15) is 10.4 Å². The number of nitrogens with zero attached hydrogens (tertiary/aromatic N) is 1. The number of carbonyl (C=O) groups is 1. The monoisotopic (exact) mass is 283 g/mol. The Balaban J connectivity index is 2.90. The molecule has 0 saturated carbocycles. The van der Waals surface area contributed by atoms with Gasteiger partial charge in [-0.2, -0.15) is 0 Å².